The van der Waals surface area contributed by atoms with Crippen LogP contribution in [0.4, 0.5) is 0 Å². The second-order valence-electron chi connectivity index (χ2n) is 5.48. The summed E-state index contributed by atoms with van der Waals surface area (Å²) in [6.07, 6.45) is 0.753. The van der Waals surface area contributed by atoms with Crippen molar-refractivity contribution in [2.75, 3.05) is 6.54 Å². The van der Waals surface area contributed by atoms with Gasteiger partial charge in [0.1, 0.15) is 5.58 Å². The number of nitrogens with two attached hydrogens (primary N) is 1. The van der Waals surface area contributed by atoms with Crippen LogP contribution in [0.25, 0.3) is 11.0 Å². The van der Waals surface area contributed by atoms with Gasteiger partial charge < -0.3 is 15.5 Å². The van der Waals surface area contributed by atoms with Crippen molar-refractivity contribution < 1.29 is 9.21 Å². The van der Waals surface area contributed by atoms with E-state index in [1.54, 1.807) is 0 Å². The molecule has 116 valence electrons. The molecule has 0 aliphatic heterocycles. The van der Waals surface area contributed by atoms with E-state index >= 15 is 0 Å². The first-order valence-electron chi connectivity index (χ1n) is 6.95. The van der Waals surface area contributed by atoms with Gasteiger partial charge in [-0.2, -0.15) is 0 Å². The fourth-order valence-electron chi connectivity index (χ4n) is 2.39. The molecule has 0 saturated heterocycles. The van der Waals surface area contributed by atoms with Crippen LogP contribution in [0.15, 0.2) is 16.5 Å². The number of hydrogen-bond donors (Lipinski definition) is 2. The van der Waals surface area contributed by atoms with E-state index in [0.29, 0.717) is 12.3 Å². The Bertz CT molecular complexity index is 647. The van der Waals surface area contributed by atoms with E-state index in [-0.39, 0.29) is 24.4 Å². The summed E-state index contributed by atoms with van der Waals surface area (Å²) in [5, 5.41) is 3.90. The minimum atomic E-state index is -0.168. The van der Waals surface area contributed by atoms with Crippen molar-refractivity contribution in [3.63, 3.8) is 0 Å². The van der Waals surface area contributed by atoms with Crippen molar-refractivity contribution in [2.24, 2.45) is 5.73 Å². The molecule has 1 unspecified atom stereocenters. The Morgan fingerprint density at radius 2 is 1.90 bits per heavy atom. The second-order valence-corrected chi connectivity index (χ2v) is 5.48. The van der Waals surface area contributed by atoms with Gasteiger partial charge in [-0.05, 0) is 45.2 Å². The summed E-state index contributed by atoms with van der Waals surface area (Å²) in [6, 6.07) is 4.15. The van der Waals surface area contributed by atoms with Gasteiger partial charge in [-0.25, -0.2) is 0 Å². The second kappa shape index (κ2) is 6.96. The third kappa shape index (κ3) is 3.57. The maximum absolute atomic E-state index is 12.2. The molecule has 0 radical (unpaired) electrons. The molecule has 0 saturated carbocycles. The van der Waals surface area contributed by atoms with Crippen LogP contribution >= 0.6 is 12.4 Å². The minimum Gasteiger partial charge on any atom is -0.450 e. The number of fused-ring (bicyclic) bond motifs is 1. The van der Waals surface area contributed by atoms with Crippen molar-refractivity contribution in [3.8, 4) is 0 Å². The van der Waals surface area contributed by atoms with E-state index in [9.17, 15) is 4.79 Å². The highest BCUT2D eigenvalue weighted by Crippen LogP contribution is 2.30. The summed E-state index contributed by atoms with van der Waals surface area (Å²) in [6.45, 7) is 8.43. The summed E-state index contributed by atoms with van der Waals surface area (Å²) >= 11 is 0. The lowest BCUT2D eigenvalue weighted by Gasteiger charge is -2.06. The molecule has 0 spiro atoms. The van der Waals surface area contributed by atoms with E-state index in [0.717, 1.165) is 34.1 Å². The molecule has 1 amide bonds. The lowest BCUT2D eigenvalue weighted by molar-refractivity contribution is 0.0926. The van der Waals surface area contributed by atoms with Gasteiger partial charge in [-0.1, -0.05) is 12.1 Å². The molecule has 1 aromatic carbocycles. The van der Waals surface area contributed by atoms with Crippen LogP contribution in [-0.2, 0) is 0 Å². The van der Waals surface area contributed by atoms with Gasteiger partial charge in [0.15, 0.2) is 5.76 Å². The lowest BCUT2D eigenvalue weighted by atomic mass is 10.0. The number of furan rings is 1. The summed E-state index contributed by atoms with van der Waals surface area (Å²) in [7, 11) is 0. The number of nitrogens with one attached hydrogen (secondary N) is 1. The van der Waals surface area contributed by atoms with Crippen LogP contribution in [0.3, 0.4) is 0 Å². The normalized spacial score (nSPS) is 12.0. The first kappa shape index (κ1) is 17.5. The molecule has 1 heterocycles. The molecule has 0 bridgehead atoms. The van der Waals surface area contributed by atoms with Crippen molar-refractivity contribution in [1.82, 2.24) is 5.32 Å². The molecule has 0 fully saturated rings. The van der Waals surface area contributed by atoms with Gasteiger partial charge in [0, 0.05) is 23.5 Å². The Balaban J connectivity index is 0.00000220. The van der Waals surface area contributed by atoms with Gasteiger partial charge >= 0.3 is 0 Å². The van der Waals surface area contributed by atoms with Crippen LogP contribution in [0.5, 0.6) is 0 Å². The molecular weight excluding hydrogens is 288 g/mol. The van der Waals surface area contributed by atoms with E-state index in [1.807, 2.05) is 33.8 Å². The van der Waals surface area contributed by atoms with Gasteiger partial charge in [-0.15, -0.1) is 12.4 Å². The van der Waals surface area contributed by atoms with Crippen molar-refractivity contribution in [3.05, 3.63) is 34.6 Å². The summed E-state index contributed by atoms with van der Waals surface area (Å²) in [4.78, 5) is 12.2. The summed E-state index contributed by atoms with van der Waals surface area (Å²) < 4.78 is 5.79. The first-order valence-corrected chi connectivity index (χ1v) is 6.95. The zero-order valence-corrected chi connectivity index (χ0v) is 13.8. The Morgan fingerprint density at radius 3 is 2.48 bits per heavy atom. The summed E-state index contributed by atoms with van der Waals surface area (Å²) in [5.74, 6) is 0.236. The number of rotatable bonds is 4. The smallest absolute Gasteiger partial charge is 0.287 e. The topological polar surface area (TPSA) is 68.3 Å². The third-order valence-electron chi connectivity index (χ3n) is 3.57. The van der Waals surface area contributed by atoms with Crippen LogP contribution < -0.4 is 11.1 Å². The zero-order chi connectivity index (χ0) is 14.9. The molecule has 21 heavy (non-hydrogen) atoms. The van der Waals surface area contributed by atoms with Gasteiger partial charge in [-0.3, -0.25) is 4.79 Å². The quantitative estimate of drug-likeness (QED) is 0.911. The zero-order valence-electron chi connectivity index (χ0n) is 12.9. The summed E-state index contributed by atoms with van der Waals surface area (Å²) in [5.41, 5.74) is 9.55. The first-order chi connectivity index (χ1) is 9.41. The van der Waals surface area contributed by atoms with Crippen LogP contribution in [0, 0.1) is 20.8 Å². The third-order valence-corrected chi connectivity index (χ3v) is 3.57. The van der Waals surface area contributed by atoms with Crippen LogP contribution in [0.1, 0.15) is 40.6 Å². The number of carbonyl (C=O) groups is 1. The average molecular weight is 311 g/mol. The van der Waals surface area contributed by atoms with Gasteiger partial charge in [0.25, 0.3) is 5.91 Å². The van der Waals surface area contributed by atoms with Crippen LogP contribution in [0.2, 0.25) is 0 Å². The SMILES string of the molecule is Cc1ccc(C)c2c(C)c(C(=O)NCCC(C)N)oc12.Cl. The molecule has 0 aliphatic carbocycles. The number of carbonyl (C=O) groups excluding carboxylic acids is 1. The largest absolute Gasteiger partial charge is 0.450 e. The highest BCUT2D eigenvalue weighted by Gasteiger charge is 2.19. The minimum absolute atomic E-state index is 0. The Labute approximate surface area is 131 Å². The monoisotopic (exact) mass is 310 g/mol. The number of amides is 1. The van der Waals surface area contributed by atoms with E-state index < -0.39 is 0 Å². The molecular formula is C16H23ClN2O2. The highest BCUT2D eigenvalue weighted by atomic mass is 35.5. The maximum atomic E-state index is 12.2. The molecule has 2 rings (SSSR count). The van der Waals surface area contributed by atoms with Gasteiger partial charge in [0.2, 0.25) is 0 Å². The molecule has 1 aromatic heterocycles. The lowest BCUT2D eigenvalue weighted by Crippen LogP contribution is -2.29. The molecule has 2 aromatic rings. The Kier molecular flexibility index (Phi) is 5.81. The molecule has 5 heteroatoms. The highest BCUT2D eigenvalue weighted by molar-refractivity contribution is 6.00. The van der Waals surface area contributed by atoms with Gasteiger partial charge in [0.05, 0.1) is 0 Å². The predicted octanol–water partition coefficient (Wildman–Crippen LogP) is 3.25. The number of hydrogen-bond acceptors (Lipinski definition) is 3. The standard InChI is InChI=1S/C16H22N2O2.ClH/c1-9-5-6-10(2)14-13(9)12(4)15(20-14)16(19)18-8-7-11(3)17;/h5-6,11H,7-8,17H2,1-4H3,(H,18,19);1H. The molecule has 0 aliphatic rings. The molecule has 4 nitrogen and oxygen atoms in total. The maximum Gasteiger partial charge on any atom is 0.287 e. The van der Waals surface area contributed by atoms with Crippen molar-refractivity contribution >= 4 is 29.3 Å². The van der Waals surface area contributed by atoms with E-state index in [1.165, 1.54) is 0 Å². The Hall–Kier alpha value is -1.52. The average Bonchev–Trinajstić information content (AvgIpc) is 2.73. The number of benzene rings is 1. The van der Waals surface area contributed by atoms with E-state index in [2.05, 4.69) is 11.4 Å². The van der Waals surface area contributed by atoms with Crippen molar-refractivity contribution in [1.29, 1.82) is 0 Å². The Morgan fingerprint density at radius 1 is 1.29 bits per heavy atom. The van der Waals surface area contributed by atoms with Crippen LogP contribution in [-0.4, -0.2) is 18.5 Å². The fraction of sp³-hybridized carbons (Fsp3) is 0.438. The fourth-order valence-corrected chi connectivity index (χ4v) is 2.39. The molecule has 3 N–H and O–H groups in total. The number of halogens is 1. The van der Waals surface area contributed by atoms with Crippen molar-refractivity contribution in [2.45, 2.75) is 40.2 Å². The van der Waals surface area contributed by atoms with E-state index in [4.69, 9.17) is 10.2 Å². The molecule has 1 atom stereocenters. The predicted molar refractivity (Wildman–Crippen MR) is 88.3 cm³/mol. The number of aryl methyl sites for hydroxylation is 3.